The van der Waals surface area contributed by atoms with Crippen LogP contribution in [0.15, 0.2) is 34.9 Å². The van der Waals surface area contributed by atoms with Gasteiger partial charge in [0.1, 0.15) is 0 Å². The van der Waals surface area contributed by atoms with Gasteiger partial charge < -0.3 is 15.2 Å². The third-order valence-electron chi connectivity index (χ3n) is 2.66. The Morgan fingerprint density at radius 3 is 2.85 bits per heavy atom. The van der Waals surface area contributed by atoms with Crippen LogP contribution >= 0.6 is 15.9 Å². The lowest BCUT2D eigenvalue weighted by molar-refractivity contribution is 0.298. The minimum atomic E-state index is 0.429. The summed E-state index contributed by atoms with van der Waals surface area (Å²) in [5.74, 6) is 1.65. The van der Waals surface area contributed by atoms with E-state index in [1.165, 1.54) is 0 Å². The summed E-state index contributed by atoms with van der Waals surface area (Å²) in [5.41, 5.74) is 7.49. The van der Waals surface area contributed by atoms with Gasteiger partial charge in [0.2, 0.25) is 0 Å². The predicted molar refractivity (Wildman–Crippen MR) is 83.4 cm³/mol. The van der Waals surface area contributed by atoms with E-state index in [1.807, 2.05) is 32.0 Å². The molecule has 4 nitrogen and oxygen atoms in total. The van der Waals surface area contributed by atoms with E-state index in [-0.39, 0.29) is 0 Å². The van der Waals surface area contributed by atoms with Gasteiger partial charge in [0.25, 0.3) is 5.88 Å². The number of anilines is 1. The minimum Gasteiger partial charge on any atom is -0.488 e. The maximum absolute atomic E-state index is 6.00. The lowest BCUT2D eigenvalue weighted by atomic mass is 10.2. The molecule has 0 aliphatic carbocycles. The fraction of sp³-hybridized carbons (Fsp3) is 0.267. The van der Waals surface area contributed by atoms with Gasteiger partial charge in [0.15, 0.2) is 11.5 Å². The Bertz CT molecular complexity index is 579. The molecule has 0 amide bonds. The fourth-order valence-electron chi connectivity index (χ4n) is 1.77. The number of nitrogen functional groups attached to an aromatic ring is 1. The first-order valence-corrected chi connectivity index (χ1v) is 7.22. The topological polar surface area (TPSA) is 57.4 Å². The van der Waals surface area contributed by atoms with Gasteiger partial charge in [-0.3, -0.25) is 0 Å². The molecule has 0 aliphatic rings. The van der Waals surface area contributed by atoms with Crippen molar-refractivity contribution in [2.75, 3.05) is 12.3 Å². The molecule has 0 atom stereocenters. The summed E-state index contributed by atoms with van der Waals surface area (Å²) < 4.78 is 12.4. The Labute approximate surface area is 127 Å². The van der Waals surface area contributed by atoms with Crippen LogP contribution in [0.3, 0.4) is 0 Å². The zero-order valence-corrected chi connectivity index (χ0v) is 13.1. The molecule has 1 heterocycles. The van der Waals surface area contributed by atoms with Crippen LogP contribution in [-0.4, -0.2) is 11.6 Å². The van der Waals surface area contributed by atoms with Crippen molar-refractivity contribution >= 4 is 21.6 Å². The number of rotatable bonds is 5. The number of aromatic nitrogens is 1. The molecule has 0 saturated heterocycles. The van der Waals surface area contributed by atoms with Gasteiger partial charge in [-0.1, -0.05) is 22.9 Å². The first kappa shape index (κ1) is 14.7. The van der Waals surface area contributed by atoms with Crippen LogP contribution in [0.5, 0.6) is 17.4 Å². The molecular formula is C15H17BrN2O2. The molecule has 106 valence electrons. The quantitative estimate of drug-likeness (QED) is 0.826. The van der Waals surface area contributed by atoms with Crippen molar-refractivity contribution in [3.05, 3.63) is 40.5 Å². The Morgan fingerprint density at radius 1 is 1.35 bits per heavy atom. The molecule has 5 heteroatoms. The molecule has 2 aromatic rings. The number of pyridine rings is 1. The van der Waals surface area contributed by atoms with Crippen LogP contribution in [0.4, 0.5) is 5.69 Å². The highest BCUT2D eigenvalue weighted by atomic mass is 79.9. The largest absolute Gasteiger partial charge is 0.488 e. The summed E-state index contributed by atoms with van der Waals surface area (Å²) in [7, 11) is 0. The van der Waals surface area contributed by atoms with E-state index in [0.717, 1.165) is 16.5 Å². The maximum atomic E-state index is 6.00. The van der Waals surface area contributed by atoms with Crippen molar-refractivity contribution in [3.63, 3.8) is 0 Å². The minimum absolute atomic E-state index is 0.429. The van der Waals surface area contributed by atoms with Crippen LogP contribution in [0.25, 0.3) is 0 Å². The molecule has 0 aliphatic heterocycles. The average Bonchev–Trinajstić information content (AvgIpc) is 2.41. The third kappa shape index (κ3) is 3.42. The van der Waals surface area contributed by atoms with Crippen LogP contribution in [-0.2, 0) is 0 Å². The van der Waals surface area contributed by atoms with E-state index in [2.05, 4.69) is 20.9 Å². The Balaban J connectivity index is 2.30. The number of hydrogen-bond donors (Lipinski definition) is 1. The maximum Gasteiger partial charge on any atom is 0.262 e. The highest BCUT2D eigenvalue weighted by Gasteiger charge is 2.12. The zero-order chi connectivity index (χ0) is 14.5. The van der Waals surface area contributed by atoms with Crippen LogP contribution in [0.1, 0.15) is 18.9 Å². The van der Waals surface area contributed by atoms with Gasteiger partial charge in [-0.2, -0.15) is 0 Å². The van der Waals surface area contributed by atoms with Gasteiger partial charge in [-0.15, -0.1) is 0 Å². The van der Waals surface area contributed by atoms with E-state index in [0.29, 0.717) is 29.7 Å². The summed E-state index contributed by atoms with van der Waals surface area (Å²) in [5, 5.41) is 0. The number of aryl methyl sites for hydroxylation is 1. The van der Waals surface area contributed by atoms with Gasteiger partial charge in [-0.25, -0.2) is 4.98 Å². The number of halogens is 1. The summed E-state index contributed by atoms with van der Waals surface area (Å²) in [6.45, 7) is 4.61. The van der Waals surface area contributed by atoms with Crippen molar-refractivity contribution in [2.45, 2.75) is 20.3 Å². The second-order valence-electron chi connectivity index (χ2n) is 4.40. The predicted octanol–water partition coefficient (Wildman–Crippen LogP) is 4.32. The monoisotopic (exact) mass is 336 g/mol. The van der Waals surface area contributed by atoms with E-state index < -0.39 is 0 Å². The molecule has 1 aromatic heterocycles. The highest BCUT2D eigenvalue weighted by molar-refractivity contribution is 9.10. The fourth-order valence-corrected chi connectivity index (χ4v) is 2.36. The number of benzene rings is 1. The summed E-state index contributed by atoms with van der Waals surface area (Å²) in [6.07, 6.45) is 2.59. The molecular weight excluding hydrogens is 320 g/mol. The lowest BCUT2D eigenvalue weighted by Gasteiger charge is -2.14. The van der Waals surface area contributed by atoms with Gasteiger partial charge in [-0.05, 0) is 43.2 Å². The summed E-state index contributed by atoms with van der Waals surface area (Å²) >= 11 is 3.41. The second-order valence-corrected chi connectivity index (χ2v) is 5.31. The van der Waals surface area contributed by atoms with Crippen LogP contribution in [0.2, 0.25) is 0 Å². The van der Waals surface area contributed by atoms with Crippen molar-refractivity contribution in [1.82, 2.24) is 4.98 Å². The molecule has 0 unspecified atom stereocenters. The number of nitrogens with zero attached hydrogens (tertiary/aromatic N) is 1. The summed E-state index contributed by atoms with van der Waals surface area (Å²) in [4.78, 5) is 4.22. The Hall–Kier alpha value is -1.75. The standard InChI is InChI=1S/C15H17BrN2O2/c1-3-7-19-13-5-4-6-18-15(13)20-14-10(2)8-11(16)9-12(14)17/h4-6,8-9H,3,7,17H2,1-2H3. The molecule has 20 heavy (non-hydrogen) atoms. The van der Waals surface area contributed by atoms with Crippen molar-refractivity contribution < 1.29 is 9.47 Å². The first-order valence-electron chi connectivity index (χ1n) is 6.43. The Kier molecular flexibility index (Phi) is 4.84. The lowest BCUT2D eigenvalue weighted by Crippen LogP contribution is -2.01. The molecule has 0 radical (unpaired) electrons. The molecule has 1 aromatic carbocycles. The van der Waals surface area contributed by atoms with E-state index in [9.17, 15) is 0 Å². The molecule has 2 N–H and O–H groups in total. The SMILES string of the molecule is CCCOc1cccnc1Oc1c(C)cc(Br)cc1N. The molecule has 0 spiro atoms. The second kappa shape index (κ2) is 6.61. The van der Waals surface area contributed by atoms with Crippen molar-refractivity contribution in [1.29, 1.82) is 0 Å². The number of hydrogen-bond acceptors (Lipinski definition) is 4. The first-order chi connectivity index (χ1) is 9.61. The zero-order valence-electron chi connectivity index (χ0n) is 11.5. The van der Waals surface area contributed by atoms with Crippen LogP contribution in [0, 0.1) is 6.92 Å². The Morgan fingerprint density at radius 2 is 2.15 bits per heavy atom. The molecule has 0 saturated carbocycles. The smallest absolute Gasteiger partial charge is 0.262 e. The van der Waals surface area contributed by atoms with Crippen molar-refractivity contribution in [3.8, 4) is 17.4 Å². The van der Waals surface area contributed by atoms with Crippen LogP contribution < -0.4 is 15.2 Å². The van der Waals surface area contributed by atoms with Gasteiger partial charge >= 0.3 is 0 Å². The average molecular weight is 337 g/mol. The van der Waals surface area contributed by atoms with E-state index in [1.54, 1.807) is 12.3 Å². The van der Waals surface area contributed by atoms with Crippen molar-refractivity contribution in [2.24, 2.45) is 0 Å². The summed E-state index contributed by atoms with van der Waals surface area (Å²) in [6, 6.07) is 7.40. The number of nitrogens with two attached hydrogens (primary N) is 1. The highest BCUT2D eigenvalue weighted by Crippen LogP contribution is 2.36. The van der Waals surface area contributed by atoms with E-state index in [4.69, 9.17) is 15.2 Å². The van der Waals surface area contributed by atoms with Gasteiger partial charge in [0.05, 0.1) is 12.3 Å². The molecule has 2 rings (SSSR count). The molecule has 0 fully saturated rings. The normalized spacial score (nSPS) is 10.3. The molecule has 0 bridgehead atoms. The third-order valence-corrected chi connectivity index (χ3v) is 3.12. The number of ether oxygens (including phenoxy) is 2. The van der Waals surface area contributed by atoms with Gasteiger partial charge in [0, 0.05) is 10.7 Å². The van der Waals surface area contributed by atoms with E-state index >= 15 is 0 Å².